The molecule has 0 radical (unpaired) electrons. The van der Waals surface area contributed by atoms with Gasteiger partial charge in [-0.3, -0.25) is 0 Å². The van der Waals surface area contributed by atoms with Crippen LogP contribution in [0.4, 0.5) is 0 Å². The van der Waals surface area contributed by atoms with Gasteiger partial charge >= 0.3 is 0 Å². The number of nitriles is 1. The molecule has 0 aromatic heterocycles. The van der Waals surface area contributed by atoms with E-state index in [2.05, 4.69) is 75.9 Å². The summed E-state index contributed by atoms with van der Waals surface area (Å²) in [6.07, 6.45) is 10.5. The first-order chi connectivity index (χ1) is 13.1. The van der Waals surface area contributed by atoms with Gasteiger partial charge in [-0.05, 0) is 44.2 Å². The van der Waals surface area contributed by atoms with Gasteiger partial charge < -0.3 is 4.81 Å². The van der Waals surface area contributed by atoms with Crippen molar-refractivity contribution < 1.29 is 0 Å². The molecule has 1 aromatic rings. The lowest BCUT2D eigenvalue weighted by Crippen LogP contribution is -2.43. The molecule has 0 heterocycles. The Hall–Kier alpha value is -1.27. The number of hydrogen-bond acceptors (Lipinski definition) is 2. The normalized spacial score (nSPS) is 15.7. The molecule has 0 aliphatic heterocycles. The lowest BCUT2D eigenvalue weighted by Gasteiger charge is -2.41. The topological polar surface area (TPSA) is 27.0 Å². The van der Waals surface area contributed by atoms with E-state index in [0.717, 1.165) is 33.1 Å². The molecule has 1 aromatic carbocycles. The average molecular weight is 368 g/mol. The summed E-state index contributed by atoms with van der Waals surface area (Å²) in [4.78, 5) is 2.45. The Bertz CT molecular complexity index is 539. The molecule has 1 rings (SSSR count). The zero-order valence-corrected chi connectivity index (χ0v) is 18.5. The van der Waals surface area contributed by atoms with Gasteiger partial charge in [0.25, 0.3) is 0 Å². The van der Waals surface area contributed by atoms with Gasteiger partial charge in [0.05, 0.1) is 11.5 Å². The van der Waals surface area contributed by atoms with Crippen molar-refractivity contribution in [2.24, 2.45) is 5.92 Å². The summed E-state index contributed by atoms with van der Waals surface area (Å²) in [5.41, 5.74) is 0.849. The van der Waals surface area contributed by atoms with Crippen LogP contribution in [0.5, 0.6) is 0 Å². The second kappa shape index (κ2) is 13.0. The fourth-order valence-corrected chi connectivity index (χ4v) is 4.52. The molecule has 27 heavy (non-hydrogen) atoms. The predicted molar refractivity (Wildman–Crippen MR) is 120 cm³/mol. The molecule has 0 fully saturated rings. The van der Waals surface area contributed by atoms with E-state index in [0.29, 0.717) is 12.0 Å². The molecular weight excluding hydrogens is 327 g/mol. The largest absolute Gasteiger partial charge is 0.345 e. The maximum Gasteiger partial charge on any atom is 0.201 e. The van der Waals surface area contributed by atoms with Crippen molar-refractivity contribution in [3.05, 3.63) is 35.9 Å². The lowest BCUT2D eigenvalue weighted by atomic mass is 9.63. The first-order valence-electron chi connectivity index (χ1n) is 11.3. The minimum atomic E-state index is -0.381. The number of unbranched alkanes of at least 4 members (excludes halogenated alkanes) is 2. The fraction of sp³-hybridized carbons (Fsp3) is 0.708. The monoisotopic (exact) mass is 368 g/mol. The third kappa shape index (κ3) is 6.68. The van der Waals surface area contributed by atoms with Crippen LogP contribution in [0.1, 0.15) is 84.1 Å². The molecule has 0 saturated heterocycles. The second-order valence-corrected chi connectivity index (χ2v) is 8.15. The van der Waals surface area contributed by atoms with Gasteiger partial charge in [-0.25, -0.2) is 0 Å². The van der Waals surface area contributed by atoms with E-state index in [1.54, 1.807) is 0 Å². The van der Waals surface area contributed by atoms with Crippen LogP contribution in [0.15, 0.2) is 30.3 Å². The van der Waals surface area contributed by atoms with Crippen LogP contribution < -0.4 is 0 Å². The molecule has 0 aliphatic rings. The molecule has 3 unspecified atom stereocenters. The summed E-state index contributed by atoms with van der Waals surface area (Å²) in [7, 11) is 3.26. The molecule has 2 nitrogen and oxygen atoms in total. The Morgan fingerprint density at radius 3 is 2.19 bits per heavy atom. The molecule has 0 amide bonds. The van der Waals surface area contributed by atoms with Gasteiger partial charge in [0, 0.05) is 6.04 Å². The van der Waals surface area contributed by atoms with Gasteiger partial charge in [-0.2, -0.15) is 5.26 Å². The van der Waals surface area contributed by atoms with Crippen molar-refractivity contribution in [3.63, 3.8) is 0 Å². The number of nitrogens with zero attached hydrogens (tertiary/aromatic N) is 2. The molecule has 0 saturated carbocycles. The van der Waals surface area contributed by atoms with Crippen molar-refractivity contribution in [1.82, 2.24) is 4.81 Å². The van der Waals surface area contributed by atoms with Gasteiger partial charge in [0.1, 0.15) is 0 Å². The maximum absolute atomic E-state index is 10.6. The van der Waals surface area contributed by atoms with Crippen LogP contribution in [0, 0.1) is 17.2 Å². The SMILES string of the molecule is CBN(C)C(CCC)CC(C#N)(c1ccccc1)C(CCC)CCCCC. The molecular formula is C24H41BN2. The third-order valence-corrected chi connectivity index (χ3v) is 6.28. The number of hydrogen-bond donors (Lipinski definition) is 0. The highest BCUT2D eigenvalue weighted by Gasteiger charge is 2.42. The minimum absolute atomic E-state index is 0.381. The summed E-state index contributed by atoms with van der Waals surface area (Å²) in [5.74, 6) is 0.436. The Morgan fingerprint density at radius 1 is 1.00 bits per heavy atom. The third-order valence-electron chi connectivity index (χ3n) is 6.28. The maximum atomic E-state index is 10.6. The molecule has 0 aliphatic carbocycles. The van der Waals surface area contributed by atoms with Crippen LogP contribution in [0.25, 0.3) is 0 Å². The summed E-state index contributed by atoms with van der Waals surface area (Å²) in [6, 6.07) is 14.0. The molecule has 150 valence electrons. The van der Waals surface area contributed by atoms with Crippen molar-refractivity contribution >= 4 is 7.41 Å². The Labute approximate surface area is 169 Å². The smallest absolute Gasteiger partial charge is 0.201 e. The summed E-state index contributed by atoms with van der Waals surface area (Å²) in [5, 5.41) is 10.6. The van der Waals surface area contributed by atoms with E-state index in [9.17, 15) is 5.26 Å². The van der Waals surface area contributed by atoms with Crippen molar-refractivity contribution in [2.45, 2.75) is 96.8 Å². The molecule has 3 atom stereocenters. The quantitative estimate of drug-likeness (QED) is 0.283. The zero-order valence-electron chi connectivity index (χ0n) is 18.5. The van der Waals surface area contributed by atoms with Gasteiger partial charge in [-0.1, -0.05) is 90.0 Å². The number of benzene rings is 1. The van der Waals surface area contributed by atoms with Gasteiger partial charge in [0.15, 0.2) is 0 Å². The predicted octanol–water partition coefficient (Wildman–Crippen LogP) is 6.33. The first kappa shape index (κ1) is 23.8. The Kier molecular flexibility index (Phi) is 11.4. The second-order valence-electron chi connectivity index (χ2n) is 8.15. The van der Waals surface area contributed by atoms with Crippen molar-refractivity contribution in [1.29, 1.82) is 5.26 Å². The molecule has 0 spiro atoms. The molecule has 0 bridgehead atoms. The zero-order chi connectivity index (χ0) is 20.1. The summed E-state index contributed by atoms with van der Waals surface area (Å²) in [6.45, 7) is 9.01. The standard InChI is InChI=1S/C24H41BN2/c1-6-9-11-16-21(14-7-2)24(20-26,22-17-12-10-13-18-22)19-23(15-8-3)27(5)25-4/h10,12-13,17-18,21,23,25H,6-9,11,14-16,19H2,1-5H3. The minimum Gasteiger partial charge on any atom is -0.345 e. The van der Waals surface area contributed by atoms with E-state index in [1.165, 1.54) is 37.7 Å². The van der Waals surface area contributed by atoms with Crippen LogP contribution in [-0.2, 0) is 5.41 Å². The highest BCUT2D eigenvalue weighted by molar-refractivity contribution is 6.29. The fourth-order valence-electron chi connectivity index (χ4n) is 4.52. The molecule has 0 N–H and O–H groups in total. The van der Waals surface area contributed by atoms with Crippen LogP contribution >= 0.6 is 0 Å². The van der Waals surface area contributed by atoms with E-state index >= 15 is 0 Å². The Balaban J connectivity index is 3.33. The van der Waals surface area contributed by atoms with Crippen LogP contribution in [-0.4, -0.2) is 25.3 Å². The lowest BCUT2D eigenvalue weighted by molar-refractivity contribution is 0.213. The first-order valence-corrected chi connectivity index (χ1v) is 11.3. The van der Waals surface area contributed by atoms with E-state index in [1.807, 2.05) is 0 Å². The van der Waals surface area contributed by atoms with Gasteiger partial charge in [0.2, 0.25) is 7.41 Å². The highest BCUT2D eigenvalue weighted by atomic mass is 15.0. The van der Waals surface area contributed by atoms with Gasteiger partial charge in [-0.15, -0.1) is 0 Å². The highest BCUT2D eigenvalue weighted by Crippen LogP contribution is 2.43. The van der Waals surface area contributed by atoms with Crippen molar-refractivity contribution in [3.8, 4) is 6.07 Å². The van der Waals surface area contributed by atoms with Crippen LogP contribution in [0.2, 0.25) is 6.82 Å². The van der Waals surface area contributed by atoms with Crippen LogP contribution in [0.3, 0.4) is 0 Å². The molecule has 3 heteroatoms. The summed E-state index contributed by atoms with van der Waals surface area (Å²) < 4.78 is 0. The van der Waals surface area contributed by atoms with E-state index in [4.69, 9.17) is 0 Å². The number of rotatable bonds is 14. The van der Waals surface area contributed by atoms with E-state index < -0.39 is 0 Å². The Morgan fingerprint density at radius 2 is 1.67 bits per heavy atom. The van der Waals surface area contributed by atoms with E-state index in [-0.39, 0.29) is 5.41 Å². The summed E-state index contributed by atoms with van der Waals surface area (Å²) >= 11 is 0. The average Bonchev–Trinajstić information content (AvgIpc) is 2.71. The van der Waals surface area contributed by atoms with Crippen molar-refractivity contribution in [2.75, 3.05) is 7.05 Å².